The zero-order valence-electron chi connectivity index (χ0n) is 12.8. The van der Waals surface area contributed by atoms with Crippen LogP contribution >= 0.6 is 0 Å². The van der Waals surface area contributed by atoms with E-state index < -0.39 is 0 Å². The lowest BCUT2D eigenvalue weighted by Gasteiger charge is -2.56. The van der Waals surface area contributed by atoms with Gasteiger partial charge in [0.15, 0.2) is 0 Å². The minimum Gasteiger partial charge on any atom is -0.334 e. The summed E-state index contributed by atoms with van der Waals surface area (Å²) < 4.78 is 12.9. The first kappa shape index (κ1) is 14.0. The third-order valence-electron chi connectivity index (χ3n) is 5.78. The Kier molecular flexibility index (Phi) is 3.35. The van der Waals surface area contributed by atoms with Crippen molar-refractivity contribution in [3.8, 4) is 0 Å². The largest absolute Gasteiger partial charge is 0.334 e. The van der Waals surface area contributed by atoms with Crippen molar-refractivity contribution in [1.29, 1.82) is 0 Å². The molecule has 0 spiro atoms. The molecule has 118 valence electrons. The van der Waals surface area contributed by atoms with Gasteiger partial charge in [0.1, 0.15) is 5.82 Å². The van der Waals surface area contributed by atoms with Gasteiger partial charge in [-0.25, -0.2) is 9.18 Å². The summed E-state index contributed by atoms with van der Waals surface area (Å²) in [4.78, 5) is 12.3. The van der Waals surface area contributed by atoms with Crippen LogP contribution in [-0.4, -0.2) is 11.6 Å². The lowest BCUT2D eigenvalue weighted by Crippen LogP contribution is -2.61. The summed E-state index contributed by atoms with van der Waals surface area (Å²) in [5, 5.41) is 6.20. The van der Waals surface area contributed by atoms with Crippen molar-refractivity contribution in [2.24, 2.45) is 17.8 Å². The predicted octanol–water partition coefficient (Wildman–Crippen LogP) is 3.59. The summed E-state index contributed by atoms with van der Waals surface area (Å²) in [7, 11) is 0. The van der Waals surface area contributed by atoms with Crippen LogP contribution in [0.25, 0.3) is 0 Å². The van der Waals surface area contributed by atoms with Crippen LogP contribution < -0.4 is 10.6 Å². The number of hydrogen-bond donors (Lipinski definition) is 2. The van der Waals surface area contributed by atoms with Crippen LogP contribution in [0.2, 0.25) is 0 Å². The van der Waals surface area contributed by atoms with Gasteiger partial charge in [-0.2, -0.15) is 0 Å². The minimum atomic E-state index is -0.248. The van der Waals surface area contributed by atoms with E-state index in [-0.39, 0.29) is 17.4 Å². The van der Waals surface area contributed by atoms with E-state index in [1.54, 1.807) is 12.1 Å². The molecule has 0 atom stereocenters. The number of benzene rings is 1. The molecule has 0 aromatic heterocycles. The Morgan fingerprint density at radius 2 is 1.59 bits per heavy atom. The maximum atomic E-state index is 12.9. The molecule has 0 unspecified atom stereocenters. The predicted molar refractivity (Wildman–Crippen MR) is 82.7 cm³/mol. The number of carbonyl (C=O) groups excluding carboxylic acids is 1. The molecule has 4 bridgehead atoms. The Morgan fingerprint density at radius 3 is 2.14 bits per heavy atom. The first-order valence-electron chi connectivity index (χ1n) is 8.41. The molecule has 4 aliphatic carbocycles. The second-order valence-electron chi connectivity index (χ2n) is 7.63. The fourth-order valence-corrected chi connectivity index (χ4v) is 5.33. The maximum absolute atomic E-state index is 12.9. The summed E-state index contributed by atoms with van der Waals surface area (Å²) in [5.41, 5.74) is 0.962. The second-order valence-corrected chi connectivity index (χ2v) is 7.63. The van der Waals surface area contributed by atoms with Crippen LogP contribution in [0.4, 0.5) is 9.18 Å². The number of nitrogens with one attached hydrogen (secondary N) is 2. The first-order chi connectivity index (χ1) is 10.6. The fourth-order valence-electron chi connectivity index (χ4n) is 5.33. The van der Waals surface area contributed by atoms with E-state index in [2.05, 4.69) is 10.6 Å². The van der Waals surface area contributed by atoms with Gasteiger partial charge in [0.05, 0.1) is 0 Å². The standard InChI is InChI=1S/C18H23FN2O/c19-16-3-1-12(2-4-16)11-20-17(22)21-18-8-13-5-14(9-18)7-15(6-13)10-18/h1-4,13-15H,5-11H2,(H2,20,21,22). The maximum Gasteiger partial charge on any atom is 0.315 e. The highest BCUT2D eigenvalue weighted by atomic mass is 19.1. The molecule has 1 aromatic rings. The second kappa shape index (κ2) is 5.25. The van der Waals surface area contributed by atoms with E-state index in [1.807, 2.05) is 0 Å². The lowest BCUT2D eigenvalue weighted by atomic mass is 9.53. The van der Waals surface area contributed by atoms with Crippen LogP contribution in [0.5, 0.6) is 0 Å². The molecule has 0 aliphatic heterocycles. The summed E-state index contributed by atoms with van der Waals surface area (Å²) in [6.07, 6.45) is 7.59. The molecule has 4 heteroatoms. The Bertz CT molecular complexity index is 534. The van der Waals surface area contributed by atoms with Gasteiger partial charge >= 0.3 is 6.03 Å². The number of amides is 2. The van der Waals surface area contributed by atoms with E-state index in [1.165, 1.54) is 31.4 Å². The normalized spacial score (nSPS) is 35.4. The molecule has 0 radical (unpaired) electrons. The molecular weight excluding hydrogens is 279 g/mol. The van der Waals surface area contributed by atoms with Crippen molar-refractivity contribution < 1.29 is 9.18 Å². The van der Waals surface area contributed by atoms with E-state index in [9.17, 15) is 9.18 Å². The van der Waals surface area contributed by atoms with Crippen molar-refractivity contribution in [2.45, 2.75) is 50.6 Å². The zero-order chi connectivity index (χ0) is 15.2. The zero-order valence-corrected chi connectivity index (χ0v) is 12.8. The number of halogens is 1. The molecule has 22 heavy (non-hydrogen) atoms. The van der Waals surface area contributed by atoms with E-state index >= 15 is 0 Å². The SMILES string of the molecule is O=C(NCc1ccc(F)cc1)NC12CC3CC(CC(C3)C1)C2. The average Bonchev–Trinajstić information content (AvgIpc) is 2.44. The van der Waals surface area contributed by atoms with Gasteiger partial charge in [0, 0.05) is 12.1 Å². The van der Waals surface area contributed by atoms with Crippen LogP contribution in [-0.2, 0) is 6.54 Å². The van der Waals surface area contributed by atoms with Crippen molar-refractivity contribution in [3.63, 3.8) is 0 Å². The number of hydrogen-bond acceptors (Lipinski definition) is 1. The number of rotatable bonds is 3. The topological polar surface area (TPSA) is 41.1 Å². The van der Waals surface area contributed by atoms with Gasteiger partial charge in [-0.05, 0) is 74.0 Å². The molecular formula is C18H23FN2O. The minimum absolute atomic E-state index is 0.0433. The fraction of sp³-hybridized carbons (Fsp3) is 0.611. The third-order valence-corrected chi connectivity index (χ3v) is 5.78. The molecule has 1 aromatic carbocycles. The van der Waals surface area contributed by atoms with E-state index in [0.29, 0.717) is 6.54 Å². The van der Waals surface area contributed by atoms with Gasteiger partial charge in [0.25, 0.3) is 0 Å². The van der Waals surface area contributed by atoms with Crippen LogP contribution in [0, 0.1) is 23.6 Å². The monoisotopic (exact) mass is 302 g/mol. The molecule has 2 N–H and O–H groups in total. The quantitative estimate of drug-likeness (QED) is 0.880. The van der Waals surface area contributed by atoms with E-state index in [0.717, 1.165) is 42.6 Å². The van der Waals surface area contributed by atoms with E-state index in [4.69, 9.17) is 0 Å². The van der Waals surface area contributed by atoms with Crippen molar-refractivity contribution in [1.82, 2.24) is 10.6 Å². The van der Waals surface area contributed by atoms with Crippen molar-refractivity contribution >= 4 is 6.03 Å². The summed E-state index contributed by atoms with van der Waals surface area (Å²) >= 11 is 0. The van der Waals surface area contributed by atoms with Gasteiger partial charge in [-0.3, -0.25) is 0 Å². The molecule has 0 heterocycles. The Balaban J connectivity index is 1.35. The molecule has 3 nitrogen and oxygen atoms in total. The molecule has 5 rings (SSSR count). The Morgan fingerprint density at radius 1 is 1.05 bits per heavy atom. The Hall–Kier alpha value is -1.58. The highest BCUT2D eigenvalue weighted by Gasteiger charge is 2.51. The van der Waals surface area contributed by atoms with Gasteiger partial charge < -0.3 is 10.6 Å². The van der Waals surface area contributed by atoms with Crippen LogP contribution in [0.1, 0.15) is 44.1 Å². The summed E-state index contributed by atoms with van der Waals surface area (Å²) in [6, 6.07) is 6.19. The highest BCUT2D eigenvalue weighted by Crippen LogP contribution is 2.55. The smallest absolute Gasteiger partial charge is 0.315 e. The summed E-state index contributed by atoms with van der Waals surface area (Å²) in [6.45, 7) is 0.443. The first-order valence-corrected chi connectivity index (χ1v) is 8.41. The van der Waals surface area contributed by atoms with Crippen molar-refractivity contribution in [2.75, 3.05) is 0 Å². The molecule has 4 fully saturated rings. The Labute approximate surface area is 130 Å². The van der Waals surface area contributed by atoms with Crippen LogP contribution in [0.15, 0.2) is 24.3 Å². The molecule has 2 amide bonds. The molecule has 4 aliphatic rings. The van der Waals surface area contributed by atoms with Gasteiger partial charge in [0.2, 0.25) is 0 Å². The summed E-state index contributed by atoms with van der Waals surface area (Å²) in [5.74, 6) is 2.22. The van der Waals surface area contributed by atoms with Crippen LogP contribution in [0.3, 0.4) is 0 Å². The average molecular weight is 302 g/mol. The third kappa shape index (κ3) is 2.71. The highest BCUT2D eigenvalue weighted by molar-refractivity contribution is 5.74. The van der Waals surface area contributed by atoms with Gasteiger partial charge in [-0.1, -0.05) is 12.1 Å². The van der Waals surface area contributed by atoms with Gasteiger partial charge in [-0.15, -0.1) is 0 Å². The van der Waals surface area contributed by atoms with Crippen molar-refractivity contribution in [3.05, 3.63) is 35.6 Å². The number of urea groups is 1. The lowest BCUT2D eigenvalue weighted by molar-refractivity contribution is -0.0135. The number of carbonyl (C=O) groups is 1. The molecule has 0 saturated heterocycles. The molecule has 4 saturated carbocycles.